The molecule has 0 unspecified atom stereocenters. The van der Waals surface area contributed by atoms with Crippen LogP contribution < -0.4 is 4.72 Å². The van der Waals surface area contributed by atoms with Gasteiger partial charge in [0, 0.05) is 6.07 Å². The summed E-state index contributed by atoms with van der Waals surface area (Å²) in [5.41, 5.74) is 0.752. The van der Waals surface area contributed by atoms with Crippen molar-refractivity contribution < 1.29 is 21.7 Å². The summed E-state index contributed by atoms with van der Waals surface area (Å²) in [4.78, 5) is 0. The third kappa shape index (κ3) is 2.86. The number of aryl methyl sites for hydroxylation is 1. The lowest BCUT2D eigenvalue weighted by atomic mass is 10.3. The Labute approximate surface area is 125 Å². The minimum Gasteiger partial charge on any atom is -0.439 e. The number of hydrogen-bond acceptors (Lipinski definition) is 5. The number of aromatic nitrogens is 1. The van der Waals surface area contributed by atoms with Crippen LogP contribution in [0.3, 0.4) is 0 Å². The summed E-state index contributed by atoms with van der Waals surface area (Å²) in [7, 11) is -3.96. The molecule has 0 bridgehead atoms. The highest BCUT2D eigenvalue weighted by Gasteiger charge is 2.21. The Balaban J connectivity index is 1.88. The van der Waals surface area contributed by atoms with Gasteiger partial charge >= 0.3 is 0 Å². The average Bonchev–Trinajstić information content (AvgIpc) is 3.06. The van der Waals surface area contributed by atoms with E-state index in [4.69, 9.17) is 8.94 Å². The molecular weight excluding hydrogens is 311 g/mol. The van der Waals surface area contributed by atoms with Crippen molar-refractivity contribution in [3.05, 3.63) is 54.0 Å². The van der Waals surface area contributed by atoms with Gasteiger partial charge in [-0.2, -0.15) is 8.42 Å². The fourth-order valence-corrected chi connectivity index (χ4v) is 2.82. The second-order valence-electron chi connectivity index (χ2n) is 4.57. The van der Waals surface area contributed by atoms with E-state index in [0.717, 1.165) is 6.07 Å². The summed E-state index contributed by atoms with van der Waals surface area (Å²) in [6, 6.07) is 9.49. The average molecular weight is 322 g/mol. The summed E-state index contributed by atoms with van der Waals surface area (Å²) in [6.07, 6.45) is 0. The zero-order valence-corrected chi connectivity index (χ0v) is 12.2. The van der Waals surface area contributed by atoms with Crippen molar-refractivity contribution in [2.24, 2.45) is 0 Å². The maximum Gasteiger partial charge on any atom is 0.295 e. The molecule has 1 N–H and O–H groups in total. The number of nitrogens with one attached hydrogen (secondary N) is 1. The van der Waals surface area contributed by atoms with Crippen LogP contribution in [0.5, 0.6) is 0 Å². The smallest absolute Gasteiger partial charge is 0.295 e. The molecule has 3 aromatic rings. The minimum absolute atomic E-state index is 0.105. The van der Waals surface area contributed by atoms with Gasteiger partial charge in [-0.25, -0.2) is 4.39 Å². The largest absolute Gasteiger partial charge is 0.439 e. The molecule has 114 valence electrons. The second kappa shape index (κ2) is 5.30. The van der Waals surface area contributed by atoms with Crippen LogP contribution in [0.4, 0.5) is 10.1 Å². The van der Waals surface area contributed by atoms with Gasteiger partial charge < -0.3 is 8.94 Å². The third-order valence-corrected chi connectivity index (χ3v) is 4.05. The summed E-state index contributed by atoms with van der Waals surface area (Å²) in [6.45, 7) is 1.74. The molecule has 0 saturated carbocycles. The molecule has 2 aromatic heterocycles. The Morgan fingerprint density at radius 1 is 1.14 bits per heavy atom. The van der Waals surface area contributed by atoms with Crippen LogP contribution in [0.25, 0.3) is 11.5 Å². The Kier molecular flexibility index (Phi) is 3.45. The van der Waals surface area contributed by atoms with Crippen LogP contribution in [0.1, 0.15) is 5.69 Å². The first-order valence-corrected chi connectivity index (χ1v) is 7.74. The number of nitrogens with zero attached hydrogens (tertiary/aromatic N) is 1. The normalized spacial score (nSPS) is 11.5. The van der Waals surface area contributed by atoms with Crippen molar-refractivity contribution in [2.75, 3.05) is 4.72 Å². The molecule has 0 amide bonds. The molecule has 0 atom stereocenters. The Morgan fingerprint density at radius 3 is 2.64 bits per heavy atom. The van der Waals surface area contributed by atoms with Crippen molar-refractivity contribution in [1.82, 2.24) is 5.16 Å². The number of hydrogen-bond donors (Lipinski definition) is 1. The zero-order chi connectivity index (χ0) is 15.7. The maximum absolute atomic E-state index is 13.1. The Hall–Kier alpha value is -2.61. The second-order valence-corrected chi connectivity index (χ2v) is 6.18. The summed E-state index contributed by atoms with van der Waals surface area (Å²) >= 11 is 0. The van der Waals surface area contributed by atoms with Gasteiger partial charge in [-0.05, 0) is 37.3 Å². The molecule has 2 heterocycles. The van der Waals surface area contributed by atoms with Gasteiger partial charge in [0.1, 0.15) is 5.82 Å². The highest BCUT2D eigenvalue weighted by atomic mass is 32.2. The third-order valence-electron chi connectivity index (χ3n) is 2.79. The van der Waals surface area contributed by atoms with Gasteiger partial charge in [-0.15, -0.1) is 0 Å². The van der Waals surface area contributed by atoms with Crippen molar-refractivity contribution in [1.29, 1.82) is 0 Å². The van der Waals surface area contributed by atoms with Crippen LogP contribution in [0.2, 0.25) is 0 Å². The van der Waals surface area contributed by atoms with E-state index < -0.39 is 15.8 Å². The Bertz CT molecular complexity index is 914. The van der Waals surface area contributed by atoms with E-state index in [1.807, 2.05) is 0 Å². The van der Waals surface area contributed by atoms with E-state index >= 15 is 0 Å². The van der Waals surface area contributed by atoms with E-state index in [-0.39, 0.29) is 16.5 Å². The number of furan rings is 1. The first kappa shape index (κ1) is 14.3. The quantitative estimate of drug-likeness (QED) is 0.797. The van der Waals surface area contributed by atoms with Gasteiger partial charge in [-0.1, -0.05) is 11.2 Å². The van der Waals surface area contributed by atoms with Crippen LogP contribution in [0.15, 0.2) is 56.5 Å². The van der Waals surface area contributed by atoms with E-state index in [1.54, 1.807) is 13.0 Å². The SMILES string of the molecule is Cc1cc(-c2ccc(S(=O)(=O)Nc3cccc(F)c3)o2)on1. The minimum atomic E-state index is -3.96. The van der Waals surface area contributed by atoms with Crippen LogP contribution in [0, 0.1) is 12.7 Å². The van der Waals surface area contributed by atoms with Crippen molar-refractivity contribution in [3.63, 3.8) is 0 Å². The summed E-state index contributed by atoms with van der Waals surface area (Å²) < 4.78 is 50.0. The van der Waals surface area contributed by atoms with Crippen LogP contribution >= 0.6 is 0 Å². The molecular formula is C14H11FN2O4S. The topological polar surface area (TPSA) is 85.3 Å². The van der Waals surface area contributed by atoms with Gasteiger partial charge in [0.05, 0.1) is 11.4 Å². The predicted molar refractivity (Wildman–Crippen MR) is 76.2 cm³/mol. The molecule has 6 nitrogen and oxygen atoms in total. The molecule has 0 radical (unpaired) electrons. The van der Waals surface area contributed by atoms with Gasteiger partial charge in [0.25, 0.3) is 10.0 Å². The van der Waals surface area contributed by atoms with Crippen LogP contribution in [-0.4, -0.2) is 13.6 Å². The fraction of sp³-hybridized carbons (Fsp3) is 0.0714. The lowest BCUT2D eigenvalue weighted by Crippen LogP contribution is -2.12. The van der Waals surface area contributed by atoms with Gasteiger partial charge in [0.2, 0.25) is 10.9 Å². The maximum atomic E-state index is 13.1. The number of anilines is 1. The molecule has 22 heavy (non-hydrogen) atoms. The van der Waals surface area contributed by atoms with E-state index in [9.17, 15) is 12.8 Å². The van der Waals surface area contributed by atoms with Gasteiger partial charge in [0.15, 0.2) is 5.76 Å². The lowest BCUT2D eigenvalue weighted by Gasteiger charge is -2.05. The van der Waals surface area contributed by atoms with E-state index in [1.165, 1.54) is 30.3 Å². The molecule has 3 rings (SSSR count). The van der Waals surface area contributed by atoms with Crippen LogP contribution in [-0.2, 0) is 10.0 Å². The molecule has 1 aromatic carbocycles. The predicted octanol–water partition coefficient (Wildman–Crippen LogP) is 3.18. The lowest BCUT2D eigenvalue weighted by molar-refractivity contribution is 0.398. The number of benzene rings is 1. The van der Waals surface area contributed by atoms with E-state index in [0.29, 0.717) is 11.5 Å². The molecule has 0 spiro atoms. The molecule has 0 aliphatic carbocycles. The fourth-order valence-electron chi connectivity index (χ4n) is 1.83. The number of rotatable bonds is 4. The summed E-state index contributed by atoms with van der Waals surface area (Å²) in [5, 5.41) is 3.40. The Morgan fingerprint density at radius 2 is 1.95 bits per heavy atom. The number of sulfonamides is 1. The standard InChI is InChI=1S/C14H11FN2O4S/c1-9-7-13(21-16-9)12-5-6-14(20-12)22(18,19)17-11-4-2-3-10(15)8-11/h2-8,17H,1H3. The van der Waals surface area contributed by atoms with Crippen molar-refractivity contribution >= 4 is 15.7 Å². The first-order valence-electron chi connectivity index (χ1n) is 6.26. The highest BCUT2D eigenvalue weighted by molar-refractivity contribution is 7.92. The molecule has 0 fully saturated rings. The molecule has 0 saturated heterocycles. The van der Waals surface area contributed by atoms with Gasteiger partial charge in [-0.3, -0.25) is 4.72 Å². The zero-order valence-electron chi connectivity index (χ0n) is 11.4. The molecule has 0 aliphatic rings. The summed E-state index contributed by atoms with van der Waals surface area (Å²) in [5.74, 6) is 0.0161. The molecule has 0 aliphatic heterocycles. The van der Waals surface area contributed by atoms with E-state index in [2.05, 4.69) is 9.88 Å². The molecule has 8 heteroatoms. The highest BCUT2D eigenvalue weighted by Crippen LogP contribution is 2.26. The monoisotopic (exact) mass is 322 g/mol. The number of halogens is 1. The van der Waals surface area contributed by atoms with Crippen molar-refractivity contribution in [2.45, 2.75) is 12.0 Å². The first-order chi connectivity index (χ1) is 10.4. The van der Waals surface area contributed by atoms with Crippen molar-refractivity contribution in [3.8, 4) is 11.5 Å².